The quantitative estimate of drug-likeness (QED) is 0.739. The number of aromatic hydroxyl groups is 1. The molecule has 0 unspecified atom stereocenters. The van der Waals surface area contributed by atoms with Gasteiger partial charge in [0.05, 0.1) is 13.2 Å². The van der Waals surface area contributed by atoms with E-state index in [4.69, 9.17) is 9.72 Å². The Morgan fingerprint density at radius 2 is 2.00 bits per heavy atom. The van der Waals surface area contributed by atoms with Gasteiger partial charge in [-0.25, -0.2) is 4.98 Å². The van der Waals surface area contributed by atoms with Crippen LogP contribution in [0.1, 0.15) is 5.56 Å². The van der Waals surface area contributed by atoms with Crippen molar-refractivity contribution in [2.24, 2.45) is 0 Å². The van der Waals surface area contributed by atoms with Crippen LogP contribution in [-0.4, -0.2) is 58.8 Å². The maximum atomic E-state index is 10.3. The van der Waals surface area contributed by atoms with Crippen molar-refractivity contribution in [3.05, 3.63) is 48.2 Å². The van der Waals surface area contributed by atoms with E-state index in [-0.39, 0.29) is 5.75 Å². The Balaban J connectivity index is 1.64. The summed E-state index contributed by atoms with van der Waals surface area (Å²) in [5.41, 5.74) is 3.54. The Bertz CT molecular complexity index is 900. The van der Waals surface area contributed by atoms with Crippen LogP contribution in [-0.2, 0) is 4.74 Å². The number of phenols is 1. The van der Waals surface area contributed by atoms with Crippen molar-refractivity contribution in [2.45, 2.75) is 6.92 Å². The number of rotatable bonds is 5. The predicted octanol–water partition coefficient (Wildman–Crippen LogP) is 2.76. The van der Waals surface area contributed by atoms with Gasteiger partial charge in [-0.3, -0.25) is 9.30 Å². The van der Waals surface area contributed by atoms with E-state index in [2.05, 4.69) is 29.3 Å². The fourth-order valence-corrected chi connectivity index (χ4v) is 3.33. The van der Waals surface area contributed by atoms with E-state index in [9.17, 15) is 5.11 Å². The molecule has 1 aromatic carbocycles. The number of nitrogens with zero attached hydrogens (tertiary/aromatic N) is 3. The maximum absolute atomic E-state index is 10.3. The van der Waals surface area contributed by atoms with Gasteiger partial charge in [-0.2, -0.15) is 0 Å². The van der Waals surface area contributed by atoms with Crippen LogP contribution in [0.5, 0.6) is 5.75 Å². The molecule has 0 aliphatic carbocycles. The van der Waals surface area contributed by atoms with Crippen LogP contribution in [0.15, 0.2) is 42.6 Å². The van der Waals surface area contributed by atoms with E-state index in [1.54, 1.807) is 6.07 Å². The van der Waals surface area contributed by atoms with Crippen LogP contribution in [0, 0.1) is 6.92 Å². The van der Waals surface area contributed by atoms with Crippen LogP contribution in [0.25, 0.3) is 16.9 Å². The number of phenolic OH excluding ortho intramolecular Hbond substituents is 1. The first-order valence-electron chi connectivity index (χ1n) is 9.03. The summed E-state index contributed by atoms with van der Waals surface area (Å²) >= 11 is 0. The summed E-state index contributed by atoms with van der Waals surface area (Å²) in [5, 5.41) is 13.8. The van der Waals surface area contributed by atoms with Crippen molar-refractivity contribution >= 4 is 11.5 Å². The lowest BCUT2D eigenvalue weighted by Gasteiger charge is -2.26. The lowest BCUT2D eigenvalue weighted by atomic mass is 10.1. The Kier molecular flexibility index (Phi) is 4.77. The number of aromatic nitrogens is 2. The smallest absolute Gasteiger partial charge is 0.139 e. The molecule has 1 saturated heterocycles. The molecule has 0 spiro atoms. The molecule has 3 heterocycles. The number of ether oxygens (including phenoxy) is 1. The molecule has 1 fully saturated rings. The monoisotopic (exact) mass is 352 g/mol. The van der Waals surface area contributed by atoms with Gasteiger partial charge in [0.25, 0.3) is 0 Å². The number of morpholine rings is 1. The first-order valence-corrected chi connectivity index (χ1v) is 9.03. The molecule has 3 aromatic rings. The lowest BCUT2D eigenvalue weighted by Crippen LogP contribution is -2.39. The zero-order valence-corrected chi connectivity index (χ0v) is 15.0. The van der Waals surface area contributed by atoms with Gasteiger partial charge in [0.2, 0.25) is 0 Å². The molecule has 136 valence electrons. The van der Waals surface area contributed by atoms with E-state index < -0.39 is 0 Å². The molecule has 4 rings (SSSR count). The minimum absolute atomic E-state index is 0.240. The summed E-state index contributed by atoms with van der Waals surface area (Å²) in [6.07, 6.45) is 2.03. The average molecular weight is 352 g/mol. The second-order valence-corrected chi connectivity index (χ2v) is 6.64. The van der Waals surface area contributed by atoms with E-state index in [1.807, 2.05) is 28.8 Å². The molecule has 0 bridgehead atoms. The highest BCUT2D eigenvalue weighted by atomic mass is 16.5. The summed E-state index contributed by atoms with van der Waals surface area (Å²) in [6, 6.07) is 11.5. The third-order valence-electron chi connectivity index (χ3n) is 4.77. The SMILES string of the molecule is Cc1ccn2c(NCCN3CCOCC3)c(-c3ccccc3O)nc2c1. The molecule has 2 aromatic heterocycles. The van der Waals surface area contributed by atoms with E-state index in [0.29, 0.717) is 0 Å². The number of fused-ring (bicyclic) bond motifs is 1. The lowest BCUT2D eigenvalue weighted by molar-refractivity contribution is 0.0398. The fourth-order valence-electron chi connectivity index (χ4n) is 3.33. The van der Waals surface area contributed by atoms with Crippen molar-refractivity contribution < 1.29 is 9.84 Å². The van der Waals surface area contributed by atoms with Crippen LogP contribution in [0.3, 0.4) is 0 Å². The van der Waals surface area contributed by atoms with Gasteiger partial charge in [0.15, 0.2) is 0 Å². The molecule has 0 saturated carbocycles. The molecule has 0 radical (unpaired) electrons. The summed E-state index contributed by atoms with van der Waals surface area (Å²) in [4.78, 5) is 7.17. The molecular weight excluding hydrogens is 328 g/mol. The van der Waals surface area contributed by atoms with Crippen LogP contribution in [0.2, 0.25) is 0 Å². The zero-order chi connectivity index (χ0) is 17.9. The zero-order valence-electron chi connectivity index (χ0n) is 15.0. The van der Waals surface area contributed by atoms with E-state index in [1.165, 1.54) is 0 Å². The van der Waals surface area contributed by atoms with Crippen LogP contribution >= 0.6 is 0 Å². The number of benzene rings is 1. The summed E-state index contributed by atoms with van der Waals surface area (Å²) in [6.45, 7) is 7.36. The van der Waals surface area contributed by atoms with Gasteiger partial charge >= 0.3 is 0 Å². The molecule has 1 aliphatic rings. The van der Waals surface area contributed by atoms with Gasteiger partial charge in [-0.15, -0.1) is 0 Å². The first kappa shape index (κ1) is 16.9. The summed E-state index contributed by atoms with van der Waals surface area (Å²) in [7, 11) is 0. The molecule has 0 amide bonds. The Labute approximate surface area is 153 Å². The molecule has 6 heteroatoms. The van der Waals surface area contributed by atoms with Crippen LogP contribution < -0.4 is 5.32 Å². The average Bonchev–Trinajstić information content (AvgIpc) is 3.00. The Morgan fingerprint density at radius 1 is 1.19 bits per heavy atom. The second-order valence-electron chi connectivity index (χ2n) is 6.64. The van der Waals surface area contributed by atoms with Crippen molar-refractivity contribution in [1.29, 1.82) is 0 Å². The van der Waals surface area contributed by atoms with Crippen LogP contribution in [0.4, 0.5) is 5.82 Å². The number of nitrogens with one attached hydrogen (secondary N) is 1. The van der Waals surface area contributed by atoms with Crippen molar-refractivity contribution in [3.63, 3.8) is 0 Å². The minimum atomic E-state index is 0.240. The van der Waals surface area contributed by atoms with Gasteiger partial charge in [-0.1, -0.05) is 12.1 Å². The van der Waals surface area contributed by atoms with Crippen molar-refractivity contribution in [3.8, 4) is 17.0 Å². The molecule has 6 nitrogen and oxygen atoms in total. The number of imidazole rings is 1. The minimum Gasteiger partial charge on any atom is -0.507 e. The highest BCUT2D eigenvalue weighted by molar-refractivity contribution is 5.80. The fraction of sp³-hybridized carbons (Fsp3) is 0.350. The maximum Gasteiger partial charge on any atom is 0.139 e. The highest BCUT2D eigenvalue weighted by Crippen LogP contribution is 2.34. The predicted molar refractivity (Wildman–Crippen MR) is 103 cm³/mol. The number of aryl methyl sites for hydroxylation is 1. The summed E-state index contributed by atoms with van der Waals surface area (Å²) < 4.78 is 7.46. The largest absolute Gasteiger partial charge is 0.507 e. The van der Waals surface area contributed by atoms with Crippen molar-refractivity contribution in [1.82, 2.24) is 14.3 Å². The van der Waals surface area contributed by atoms with Gasteiger partial charge < -0.3 is 15.2 Å². The second kappa shape index (κ2) is 7.35. The number of hydrogen-bond acceptors (Lipinski definition) is 5. The highest BCUT2D eigenvalue weighted by Gasteiger charge is 2.17. The number of hydrogen-bond donors (Lipinski definition) is 2. The normalized spacial score (nSPS) is 15.4. The van der Waals surface area contributed by atoms with Gasteiger partial charge in [-0.05, 0) is 36.8 Å². The number of para-hydroxylation sites is 1. The number of pyridine rings is 1. The topological polar surface area (TPSA) is 62.0 Å². The third kappa shape index (κ3) is 3.38. The van der Waals surface area contributed by atoms with E-state index in [0.717, 1.165) is 67.7 Å². The van der Waals surface area contributed by atoms with Crippen molar-refractivity contribution in [2.75, 3.05) is 44.7 Å². The first-order chi connectivity index (χ1) is 12.7. The molecular formula is C20H24N4O2. The molecule has 0 atom stereocenters. The molecule has 1 aliphatic heterocycles. The van der Waals surface area contributed by atoms with Gasteiger partial charge in [0, 0.05) is 37.9 Å². The number of anilines is 1. The van der Waals surface area contributed by atoms with Gasteiger partial charge in [0.1, 0.15) is 22.9 Å². The Morgan fingerprint density at radius 3 is 2.81 bits per heavy atom. The molecule has 26 heavy (non-hydrogen) atoms. The summed E-state index contributed by atoms with van der Waals surface area (Å²) in [5.74, 6) is 1.15. The standard InChI is InChI=1S/C20H24N4O2/c1-15-6-8-24-18(14-15)22-19(16-4-2-3-5-17(16)25)20(24)21-7-9-23-10-12-26-13-11-23/h2-6,8,14,21,25H,7,9-13H2,1H3. The Hall–Kier alpha value is -2.57. The third-order valence-corrected chi connectivity index (χ3v) is 4.77. The van der Waals surface area contributed by atoms with E-state index >= 15 is 0 Å². The molecule has 2 N–H and O–H groups in total.